The molecule has 0 N–H and O–H groups in total. The smallest absolute Gasteiger partial charge is 0.0122 e. The summed E-state index contributed by atoms with van der Waals surface area (Å²) in [5.41, 5.74) is 0. The molecule has 0 heterocycles. The molecule has 0 bridgehead atoms. The van der Waals surface area contributed by atoms with E-state index in [4.69, 9.17) is 12.6 Å². The zero-order valence-electron chi connectivity index (χ0n) is 7.51. The summed E-state index contributed by atoms with van der Waals surface area (Å²) in [6.45, 7) is 0. The fraction of sp³-hybridized carbons (Fsp3) is 0. The number of hydrogen-bond donors (Lipinski definition) is 0. The van der Waals surface area contributed by atoms with Crippen molar-refractivity contribution in [1.29, 1.82) is 0 Å². The van der Waals surface area contributed by atoms with Gasteiger partial charge in [-0.15, -0.1) is 0 Å². The molecule has 0 aliphatic carbocycles. The summed E-state index contributed by atoms with van der Waals surface area (Å²) in [6.07, 6.45) is 0. The third kappa shape index (κ3) is 2.50. The summed E-state index contributed by atoms with van der Waals surface area (Å²) in [5.74, 6) is 0. The first-order valence-electron chi connectivity index (χ1n) is 4.34. The number of rotatable bonds is 2. The highest BCUT2D eigenvalue weighted by molar-refractivity contribution is 7.99. The molecule has 0 aromatic heterocycles. The van der Waals surface area contributed by atoms with E-state index in [1.54, 1.807) is 11.8 Å². The second kappa shape index (κ2) is 4.49. The fourth-order valence-corrected chi connectivity index (χ4v) is 2.11. The van der Waals surface area contributed by atoms with Crippen LogP contribution in [0.5, 0.6) is 0 Å². The van der Waals surface area contributed by atoms with Crippen LogP contribution >= 0.6 is 11.8 Å². The van der Waals surface area contributed by atoms with E-state index in [9.17, 15) is 0 Å². The van der Waals surface area contributed by atoms with Crippen LogP contribution in [0.3, 0.4) is 0 Å². The van der Waals surface area contributed by atoms with E-state index in [0.29, 0.717) is 0 Å². The molecule has 0 spiro atoms. The molecule has 70 valence electrons. The van der Waals surface area contributed by atoms with Crippen molar-refractivity contribution >= 4 is 24.4 Å². The molecule has 2 aromatic rings. The molecule has 0 radical (unpaired) electrons. The Balaban J connectivity index is 2.16. The maximum atomic E-state index is 5.03. The zero-order valence-corrected chi connectivity index (χ0v) is 9.15. The van der Waals surface area contributed by atoms with Crippen LogP contribution in [-0.2, 0) is 12.6 Å². The third-order valence-electron chi connectivity index (χ3n) is 1.80. The highest BCUT2D eigenvalue weighted by Crippen LogP contribution is 2.27. The summed E-state index contributed by atoms with van der Waals surface area (Å²) < 4.78 is 0. The lowest BCUT2D eigenvalue weighted by Crippen LogP contribution is -1.73. The Morgan fingerprint density at radius 3 is 1.93 bits per heavy atom. The molecule has 14 heavy (non-hydrogen) atoms. The van der Waals surface area contributed by atoms with Gasteiger partial charge in [-0.1, -0.05) is 42.1 Å². The maximum Gasteiger partial charge on any atom is 0.0122 e. The van der Waals surface area contributed by atoms with Crippen LogP contribution in [0.1, 0.15) is 0 Å². The number of benzene rings is 2. The average Bonchev–Trinajstić information content (AvgIpc) is 2.23. The molecule has 0 atom stereocenters. The van der Waals surface area contributed by atoms with Crippen molar-refractivity contribution in [1.82, 2.24) is 0 Å². The molecule has 2 aromatic carbocycles. The van der Waals surface area contributed by atoms with Crippen LogP contribution < -0.4 is 0 Å². The Morgan fingerprint density at radius 2 is 1.29 bits per heavy atom. The second-order valence-corrected chi connectivity index (χ2v) is 4.50. The zero-order chi connectivity index (χ0) is 9.80. The van der Waals surface area contributed by atoms with Crippen molar-refractivity contribution in [3.63, 3.8) is 0 Å². The van der Waals surface area contributed by atoms with E-state index >= 15 is 0 Å². The monoisotopic (exact) mass is 217 g/mol. The topological polar surface area (TPSA) is 0 Å². The third-order valence-corrected chi connectivity index (χ3v) is 3.09. The van der Waals surface area contributed by atoms with E-state index in [1.807, 2.05) is 30.3 Å². The summed E-state index contributed by atoms with van der Waals surface area (Å²) in [6, 6.07) is 18.4. The Morgan fingerprint density at radius 1 is 0.714 bits per heavy atom. The van der Waals surface area contributed by atoms with Crippen molar-refractivity contribution in [3.8, 4) is 0 Å². The average molecular weight is 217 g/mol. The molecule has 0 aliphatic rings. The van der Waals surface area contributed by atoms with Gasteiger partial charge in [0.15, 0.2) is 0 Å². The van der Waals surface area contributed by atoms with Crippen LogP contribution in [-0.4, -0.2) is 0 Å². The first-order valence-corrected chi connectivity index (χ1v) is 5.57. The van der Waals surface area contributed by atoms with Crippen LogP contribution in [0.15, 0.2) is 69.3 Å². The minimum atomic E-state index is 0.891. The largest absolute Gasteiger partial charge is 0.780 e. The molecule has 0 aliphatic heterocycles. The molecule has 2 rings (SSSR count). The van der Waals surface area contributed by atoms with Gasteiger partial charge in [-0.05, 0) is 24.3 Å². The first kappa shape index (κ1) is 9.56. The SMILES string of the molecule is [S-]c1ccc(Sc2ccccc2)cc1. The Labute approximate surface area is 93.8 Å². The van der Waals surface area contributed by atoms with Gasteiger partial charge in [-0.2, -0.15) is 4.90 Å². The Bertz CT molecular complexity index is 392. The van der Waals surface area contributed by atoms with Gasteiger partial charge < -0.3 is 12.6 Å². The van der Waals surface area contributed by atoms with Gasteiger partial charge in [0.05, 0.1) is 0 Å². The van der Waals surface area contributed by atoms with E-state index in [0.717, 1.165) is 4.90 Å². The van der Waals surface area contributed by atoms with E-state index < -0.39 is 0 Å². The first-order chi connectivity index (χ1) is 6.84. The standard InChI is InChI=1S/C12H10S2/c13-10-6-8-12(9-7-10)14-11-4-2-1-3-5-11/h1-9,13H/p-1. The molecule has 0 unspecified atom stereocenters. The summed E-state index contributed by atoms with van der Waals surface area (Å²) in [5, 5.41) is 0. The minimum Gasteiger partial charge on any atom is -0.780 e. The van der Waals surface area contributed by atoms with Gasteiger partial charge in [0.1, 0.15) is 0 Å². The van der Waals surface area contributed by atoms with Crippen molar-refractivity contribution < 1.29 is 0 Å². The van der Waals surface area contributed by atoms with Gasteiger partial charge in [-0.3, -0.25) is 0 Å². The molecule has 0 saturated heterocycles. The Kier molecular flexibility index (Phi) is 3.07. The predicted octanol–water partition coefficient (Wildman–Crippen LogP) is 3.74. The summed E-state index contributed by atoms with van der Waals surface area (Å²) >= 11 is 6.78. The summed E-state index contributed by atoms with van der Waals surface area (Å²) in [4.78, 5) is 3.37. The minimum absolute atomic E-state index is 0.891. The molecule has 0 nitrogen and oxygen atoms in total. The molecular formula is C12H9S2-. The molecule has 2 heteroatoms. The van der Waals surface area contributed by atoms with Crippen molar-refractivity contribution in [2.75, 3.05) is 0 Å². The lowest BCUT2D eigenvalue weighted by Gasteiger charge is -2.06. The number of hydrogen-bond acceptors (Lipinski definition) is 2. The van der Waals surface area contributed by atoms with Gasteiger partial charge >= 0.3 is 0 Å². The van der Waals surface area contributed by atoms with Crippen molar-refractivity contribution in [2.24, 2.45) is 0 Å². The Hall–Kier alpha value is -0.990. The van der Waals surface area contributed by atoms with Gasteiger partial charge in [-0.25, -0.2) is 0 Å². The van der Waals surface area contributed by atoms with E-state index in [2.05, 4.69) is 24.3 Å². The second-order valence-electron chi connectivity index (χ2n) is 2.89. The van der Waals surface area contributed by atoms with Crippen LogP contribution in [0.4, 0.5) is 0 Å². The predicted molar refractivity (Wildman–Crippen MR) is 62.6 cm³/mol. The van der Waals surface area contributed by atoms with Gasteiger partial charge in [0, 0.05) is 9.79 Å². The normalized spacial score (nSPS) is 10.0. The van der Waals surface area contributed by atoms with Crippen molar-refractivity contribution in [3.05, 3.63) is 54.6 Å². The van der Waals surface area contributed by atoms with Crippen LogP contribution in [0.25, 0.3) is 0 Å². The van der Waals surface area contributed by atoms with Gasteiger partial charge in [0.2, 0.25) is 0 Å². The van der Waals surface area contributed by atoms with E-state index in [-0.39, 0.29) is 0 Å². The van der Waals surface area contributed by atoms with Crippen molar-refractivity contribution in [2.45, 2.75) is 14.7 Å². The van der Waals surface area contributed by atoms with Crippen LogP contribution in [0, 0.1) is 0 Å². The molecule has 0 saturated carbocycles. The molecule has 0 fully saturated rings. The quantitative estimate of drug-likeness (QED) is 0.703. The highest BCUT2D eigenvalue weighted by atomic mass is 32.2. The summed E-state index contributed by atoms with van der Waals surface area (Å²) in [7, 11) is 0. The van der Waals surface area contributed by atoms with E-state index in [1.165, 1.54) is 9.79 Å². The van der Waals surface area contributed by atoms with Gasteiger partial charge in [0.25, 0.3) is 0 Å². The fourth-order valence-electron chi connectivity index (χ4n) is 1.13. The lowest BCUT2D eigenvalue weighted by molar-refractivity contribution is 1.34. The van der Waals surface area contributed by atoms with Crippen LogP contribution in [0.2, 0.25) is 0 Å². The molecular weight excluding hydrogens is 208 g/mol. The highest BCUT2D eigenvalue weighted by Gasteiger charge is 1.93. The maximum absolute atomic E-state index is 5.03. The lowest BCUT2D eigenvalue weighted by atomic mass is 10.4. The molecule has 0 amide bonds.